The van der Waals surface area contributed by atoms with Crippen LogP contribution >= 0.6 is 0 Å². The summed E-state index contributed by atoms with van der Waals surface area (Å²) < 4.78 is 0. The number of carbonyl (C=O) groups is 1. The number of aromatic amines is 1. The summed E-state index contributed by atoms with van der Waals surface area (Å²) in [7, 11) is 0. The Hall–Kier alpha value is -2.17. The van der Waals surface area contributed by atoms with Crippen molar-refractivity contribution in [1.82, 2.24) is 19.9 Å². The van der Waals surface area contributed by atoms with E-state index < -0.39 is 0 Å². The van der Waals surface area contributed by atoms with Gasteiger partial charge >= 0.3 is 0 Å². The standard InChI is InChI=1S/C20H26N4O/c1-20(2)9-4-3-7-15(20)19(25)24-11-8-16-17(23-13-22-16)18(24)14-6-5-10-21-12-14/h5-6,10,12-13,15,18H,3-4,7-9,11H2,1-2H3,(H,22,23). The minimum atomic E-state index is -0.131. The molecular formula is C20H26N4O. The molecule has 1 amide bonds. The first-order valence-corrected chi connectivity index (χ1v) is 9.30. The fraction of sp³-hybridized carbons (Fsp3) is 0.550. The number of nitrogens with one attached hydrogen (secondary N) is 1. The Labute approximate surface area is 148 Å². The highest BCUT2D eigenvalue weighted by molar-refractivity contribution is 5.81. The average Bonchev–Trinajstić information content (AvgIpc) is 3.09. The van der Waals surface area contributed by atoms with E-state index in [1.165, 1.54) is 6.42 Å². The molecule has 0 radical (unpaired) electrons. The van der Waals surface area contributed by atoms with Crippen molar-refractivity contribution in [3.63, 3.8) is 0 Å². The van der Waals surface area contributed by atoms with Crippen LogP contribution < -0.4 is 0 Å². The lowest BCUT2D eigenvalue weighted by atomic mass is 9.68. The predicted octanol–water partition coefficient (Wildman–Crippen LogP) is 3.50. The van der Waals surface area contributed by atoms with Gasteiger partial charge < -0.3 is 9.88 Å². The zero-order valence-electron chi connectivity index (χ0n) is 15.0. The molecule has 1 aliphatic heterocycles. The number of hydrogen-bond acceptors (Lipinski definition) is 3. The van der Waals surface area contributed by atoms with Crippen LogP contribution in [0.15, 0.2) is 30.9 Å². The molecule has 2 unspecified atom stereocenters. The molecule has 0 aromatic carbocycles. The number of rotatable bonds is 2. The lowest BCUT2D eigenvalue weighted by Gasteiger charge is -2.43. The van der Waals surface area contributed by atoms with Crippen LogP contribution in [-0.4, -0.2) is 32.3 Å². The van der Waals surface area contributed by atoms with Crippen LogP contribution in [0.1, 0.15) is 62.5 Å². The lowest BCUT2D eigenvalue weighted by Crippen LogP contribution is -2.48. The topological polar surface area (TPSA) is 61.9 Å². The van der Waals surface area contributed by atoms with Gasteiger partial charge in [0.1, 0.15) is 6.04 Å². The highest BCUT2D eigenvalue weighted by Crippen LogP contribution is 2.43. The van der Waals surface area contributed by atoms with Crippen molar-refractivity contribution in [3.05, 3.63) is 47.8 Å². The number of H-pyrrole nitrogens is 1. The summed E-state index contributed by atoms with van der Waals surface area (Å²) in [5.41, 5.74) is 3.22. The average molecular weight is 338 g/mol. The molecule has 5 nitrogen and oxygen atoms in total. The van der Waals surface area contributed by atoms with E-state index in [1.807, 2.05) is 18.3 Å². The van der Waals surface area contributed by atoms with Crippen LogP contribution in [0.2, 0.25) is 0 Å². The summed E-state index contributed by atoms with van der Waals surface area (Å²) in [4.78, 5) is 27.7. The van der Waals surface area contributed by atoms with E-state index in [1.54, 1.807) is 12.5 Å². The van der Waals surface area contributed by atoms with Gasteiger partial charge in [0, 0.05) is 37.0 Å². The highest BCUT2D eigenvalue weighted by atomic mass is 16.2. The molecule has 132 valence electrons. The first kappa shape index (κ1) is 16.3. The number of carbonyl (C=O) groups excluding carboxylic acids is 1. The molecule has 0 bridgehead atoms. The summed E-state index contributed by atoms with van der Waals surface area (Å²) in [6.45, 7) is 5.23. The molecular weight excluding hydrogens is 312 g/mol. The second kappa shape index (κ2) is 6.28. The molecule has 2 aromatic rings. The van der Waals surface area contributed by atoms with Crippen LogP contribution in [0.5, 0.6) is 0 Å². The molecule has 2 atom stereocenters. The molecule has 0 spiro atoms. The maximum Gasteiger partial charge on any atom is 0.227 e. The van der Waals surface area contributed by atoms with Crippen molar-refractivity contribution in [2.75, 3.05) is 6.54 Å². The Kier molecular flexibility index (Phi) is 4.10. The molecule has 1 saturated carbocycles. The molecule has 25 heavy (non-hydrogen) atoms. The third-order valence-corrected chi connectivity index (χ3v) is 6.01. The van der Waals surface area contributed by atoms with Gasteiger partial charge in [0.05, 0.1) is 12.0 Å². The van der Waals surface area contributed by atoms with Crippen LogP contribution in [-0.2, 0) is 11.2 Å². The summed E-state index contributed by atoms with van der Waals surface area (Å²) in [6.07, 6.45) is 10.7. The smallest absolute Gasteiger partial charge is 0.227 e. The zero-order chi connectivity index (χ0) is 17.4. The monoisotopic (exact) mass is 338 g/mol. The van der Waals surface area contributed by atoms with Crippen molar-refractivity contribution in [1.29, 1.82) is 0 Å². The first-order valence-electron chi connectivity index (χ1n) is 9.30. The molecule has 1 N–H and O–H groups in total. The number of hydrogen-bond donors (Lipinski definition) is 1. The fourth-order valence-electron chi connectivity index (χ4n) is 4.54. The van der Waals surface area contributed by atoms with Gasteiger partial charge in [-0.3, -0.25) is 9.78 Å². The number of pyridine rings is 1. The first-order chi connectivity index (χ1) is 12.1. The number of amides is 1. The van der Waals surface area contributed by atoms with E-state index in [0.717, 1.165) is 49.2 Å². The Morgan fingerprint density at radius 2 is 2.24 bits per heavy atom. The largest absolute Gasteiger partial charge is 0.348 e. The second-order valence-electron chi connectivity index (χ2n) is 8.02. The van der Waals surface area contributed by atoms with E-state index in [9.17, 15) is 4.79 Å². The lowest BCUT2D eigenvalue weighted by molar-refractivity contribution is -0.143. The number of fused-ring (bicyclic) bond motifs is 1. The highest BCUT2D eigenvalue weighted by Gasteiger charge is 2.43. The number of aromatic nitrogens is 3. The predicted molar refractivity (Wildman–Crippen MR) is 95.8 cm³/mol. The van der Waals surface area contributed by atoms with E-state index in [4.69, 9.17) is 0 Å². The Bertz CT molecular complexity index is 752. The molecule has 1 aliphatic carbocycles. The molecule has 4 rings (SSSR count). The quantitative estimate of drug-likeness (QED) is 0.911. The van der Waals surface area contributed by atoms with Crippen molar-refractivity contribution in [2.24, 2.45) is 11.3 Å². The van der Waals surface area contributed by atoms with E-state index >= 15 is 0 Å². The molecule has 2 aliphatic rings. The van der Waals surface area contributed by atoms with Gasteiger partial charge in [-0.2, -0.15) is 0 Å². The summed E-state index contributed by atoms with van der Waals surface area (Å²) in [6, 6.07) is 3.85. The van der Waals surface area contributed by atoms with Crippen LogP contribution in [0, 0.1) is 11.3 Å². The summed E-state index contributed by atoms with van der Waals surface area (Å²) in [5, 5.41) is 0. The van der Waals surface area contributed by atoms with Crippen molar-refractivity contribution < 1.29 is 4.79 Å². The van der Waals surface area contributed by atoms with Crippen LogP contribution in [0.3, 0.4) is 0 Å². The molecule has 5 heteroatoms. The fourth-order valence-corrected chi connectivity index (χ4v) is 4.54. The van der Waals surface area contributed by atoms with Gasteiger partial charge in [-0.25, -0.2) is 4.98 Å². The number of imidazole rings is 1. The van der Waals surface area contributed by atoms with Gasteiger partial charge in [-0.15, -0.1) is 0 Å². The Balaban J connectivity index is 1.71. The minimum absolute atomic E-state index is 0.0701. The second-order valence-corrected chi connectivity index (χ2v) is 8.02. The van der Waals surface area contributed by atoms with Gasteiger partial charge in [0.2, 0.25) is 5.91 Å². The summed E-state index contributed by atoms with van der Waals surface area (Å²) in [5.74, 6) is 0.383. The normalized spacial score (nSPS) is 25.4. The van der Waals surface area contributed by atoms with Crippen molar-refractivity contribution in [2.45, 2.75) is 52.0 Å². The van der Waals surface area contributed by atoms with Gasteiger partial charge in [0.15, 0.2) is 0 Å². The van der Waals surface area contributed by atoms with Crippen LogP contribution in [0.4, 0.5) is 0 Å². The van der Waals surface area contributed by atoms with Crippen molar-refractivity contribution in [3.8, 4) is 0 Å². The van der Waals surface area contributed by atoms with E-state index in [0.29, 0.717) is 0 Å². The molecule has 1 fully saturated rings. The molecule has 0 saturated heterocycles. The maximum absolute atomic E-state index is 13.6. The molecule has 3 heterocycles. The Morgan fingerprint density at radius 3 is 3.00 bits per heavy atom. The van der Waals surface area contributed by atoms with Gasteiger partial charge in [0.25, 0.3) is 0 Å². The zero-order valence-corrected chi connectivity index (χ0v) is 15.0. The van der Waals surface area contributed by atoms with Crippen LogP contribution in [0.25, 0.3) is 0 Å². The third kappa shape index (κ3) is 2.86. The number of nitrogens with zero attached hydrogens (tertiary/aromatic N) is 3. The van der Waals surface area contributed by atoms with Gasteiger partial charge in [-0.05, 0) is 29.9 Å². The van der Waals surface area contributed by atoms with E-state index in [2.05, 4.69) is 33.7 Å². The Morgan fingerprint density at radius 1 is 1.36 bits per heavy atom. The van der Waals surface area contributed by atoms with Crippen molar-refractivity contribution >= 4 is 5.91 Å². The molecule has 2 aromatic heterocycles. The van der Waals surface area contributed by atoms with E-state index in [-0.39, 0.29) is 23.3 Å². The third-order valence-electron chi connectivity index (χ3n) is 6.01. The van der Waals surface area contributed by atoms with Gasteiger partial charge in [-0.1, -0.05) is 32.8 Å². The minimum Gasteiger partial charge on any atom is -0.348 e. The summed E-state index contributed by atoms with van der Waals surface area (Å²) >= 11 is 0. The SMILES string of the molecule is CC1(C)CCCCC1C(=O)N1CCc2[nH]cnc2C1c1cccnc1. The maximum atomic E-state index is 13.6.